The molecule has 86 valence electrons. The number of aromatic nitrogens is 1. The van der Waals surface area contributed by atoms with E-state index in [1.807, 2.05) is 0 Å². The Hall–Kier alpha value is -1.46. The van der Waals surface area contributed by atoms with Crippen LogP contribution in [-0.2, 0) is 6.54 Å². The quantitative estimate of drug-likeness (QED) is 0.728. The van der Waals surface area contributed by atoms with E-state index in [0.717, 1.165) is 0 Å². The van der Waals surface area contributed by atoms with Crippen LogP contribution in [-0.4, -0.2) is 40.6 Å². The number of amides is 1. The molecule has 0 saturated carbocycles. The molecule has 1 amide bonds. The Balaban J connectivity index is 2.04. The molecule has 0 radical (unpaired) electrons. The number of hydrogen-bond donors (Lipinski definition) is 2. The van der Waals surface area contributed by atoms with Crippen LogP contribution >= 0.6 is 0 Å². The van der Waals surface area contributed by atoms with Crippen molar-refractivity contribution in [3.63, 3.8) is 0 Å². The van der Waals surface area contributed by atoms with Crippen LogP contribution in [0, 0.1) is 5.92 Å². The van der Waals surface area contributed by atoms with Gasteiger partial charge in [-0.25, -0.2) is 0 Å². The second kappa shape index (κ2) is 4.59. The Morgan fingerprint density at radius 2 is 2.38 bits per heavy atom. The van der Waals surface area contributed by atoms with Gasteiger partial charge in [0.25, 0.3) is 5.91 Å². The van der Waals surface area contributed by atoms with E-state index < -0.39 is 0 Å². The highest BCUT2D eigenvalue weighted by Gasteiger charge is 2.30. The third-order valence-electron chi connectivity index (χ3n) is 2.78. The second-order valence-corrected chi connectivity index (χ2v) is 4.00. The number of nitrogens with zero attached hydrogens (tertiary/aromatic N) is 2. The number of carbonyl (C=O) groups excluding carboxylic acids is 1. The van der Waals surface area contributed by atoms with Crippen molar-refractivity contribution >= 4 is 5.91 Å². The summed E-state index contributed by atoms with van der Waals surface area (Å²) in [6.45, 7) is 1.75. The number of aliphatic hydroxyl groups is 1. The van der Waals surface area contributed by atoms with Crippen LogP contribution in [0.4, 0.5) is 0 Å². The average Bonchev–Trinajstić information content (AvgIpc) is 2.27. The minimum absolute atomic E-state index is 0.0122. The number of aliphatic hydroxyl groups excluding tert-OH is 1. The molecular formula is C11H15N3O2. The molecule has 0 unspecified atom stereocenters. The summed E-state index contributed by atoms with van der Waals surface area (Å²) in [5.74, 6) is 0.224. The van der Waals surface area contributed by atoms with Crippen molar-refractivity contribution in [1.82, 2.24) is 9.88 Å². The van der Waals surface area contributed by atoms with Gasteiger partial charge in [0.05, 0.1) is 5.69 Å². The summed E-state index contributed by atoms with van der Waals surface area (Å²) < 4.78 is 0. The molecule has 1 saturated heterocycles. The highest BCUT2D eigenvalue weighted by atomic mass is 16.3. The summed E-state index contributed by atoms with van der Waals surface area (Å²) in [4.78, 5) is 17.7. The van der Waals surface area contributed by atoms with Crippen LogP contribution in [0.5, 0.6) is 0 Å². The normalized spacial score (nSPS) is 16.0. The molecule has 0 atom stereocenters. The van der Waals surface area contributed by atoms with Crippen molar-refractivity contribution in [3.05, 3.63) is 29.6 Å². The van der Waals surface area contributed by atoms with Crippen LogP contribution in [0.2, 0.25) is 0 Å². The Bertz CT molecular complexity index is 389. The first-order chi connectivity index (χ1) is 7.74. The molecule has 1 aliphatic rings. The van der Waals surface area contributed by atoms with E-state index in [-0.39, 0.29) is 18.4 Å². The molecule has 0 aliphatic carbocycles. The Morgan fingerprint density at radius 1 is 1.62 bits per heavy atom. The molecule has 5 nitrogen and oxygen atoms in total. The van der Waals surface area contributed by atoms with Crippen LogP contribution in [0.3, 0.4) is 0 Å². The summed E-state index contributed by atoms with van der Waals surface area (Å²) in [6, 6.07) is 3.41. The third kappa shape index (κ3) is 2.05. The fraction of sp³-hybridized carbons (Fsp3) is 0.455. The predicted molar refractivity (Wildman–Crippen MR) is 58.6 cm³/mol. The number of hydrogen-bond acceptors (Lipinski definition) is 4. The summed E-state index contributed by atoms with van der Waals surface area (Å²) in [7, 11) is 0. The first-order valence-electron chi connectivity index (χ1n) is 5.29. The SMILES string of the molecule is NCc1cc(C(=O)N2CC(CO)C2)ccn1. The summed E-state index contributed by atoms with van der Waals surface area (Å²) in [5, 5.41) is 8.87. The largest absolute Gasteiger partial charge is 0.396 e. The third-order valence-corrected chi connectivity index (χ3v) is 2.78. The maximum Gasteiger partial charge on any atom is 0.253 e. The minimum Gasteiger partial charge on any atom is -0.396 e. The first kappa shape index (κ1) is 11.0. The molecule has 16 heavy (non-hydrogen) atoms. The zero-order valence-corrected chi connectivity index (χ0v) is 8.97. The Kier molecular flexibility index (Phi) is 3.17. The molecule has 2 heterocycles. The van der Waals surface area contributed by atoms with E-state index in [1.54, 1.807) is 23.2 Å². The van der Waals surface area contributed by atoms with Crippen LogP contribution < -0.4 is 5.73 Å². The molecule has 1 aromatic rings. The van der Waals surface area contributed by atoms with E-state index in [0.29, 0.717) is 30.9 Å². The topological polar surface area (TPSA) is 79.5 Å². The molecule has 1 aromatic heterocycles. The second-order valence-electron chi connectivity index (χ2n) is 4.00. The number of carbonyl (C=O) groups is 1. The van der Waals surface area contributed by atoms with E-state index >= 15 is 0 Å². The smallest absolute Gasteiger partial charge is 0.253 e. The molecule has 2 rings (SSSR count). The lowest BCUT2D eigenvalue weighted by Crippen LogP contribution is -2.51. The molecule has 5 heteroatoms. The van der Waals surface area contributed by atoms with Crippen molar-refractivity contribution in [2.75, 3.05) is 19.7 Å². The monoisotopic (exact) mass is 221 g/mol. The van der Waals surface area contributed by atoms with E-state index in [1.165, 1.54) is 0 Å². The van der Waals surface area contributed by atoms with Gasteiger partial charge in [-0.1, -0.05) is 0 Å². The lowest BCUT2D eigenvalue weighted by atomic mass is 10.00. The molecule has 1 aliphatic heterocycles. The van der Waals surface area contributed by atoms with Crippen molar-refractivity contribution in [2.24, 2.45) is 11.7 Å². The average molecular weight is 221 g/mol. The van der Waals surface area contributed by atoms with Gasteiger partial charge in [-0.3, -0.25) is 9.78 Å². The fourth-order valence-electron chi connectivity index (χ4n) is 1.76. The maximum absolute atomic E-state index is 11.9. The van der Waals surface area contributed by atoms with Gasteiger partial charge in [0.2, 0.25) is 0 Å². The van der Waals surface area contributed by atoms with Gasteiger partial charge in [-0.15, -0.1) is 0 Å². The van der Waals surface area contributed by atoms with E-state index in [9.17, 15) is 4.79 Å². The fourth-order valence-corrected chi connectivity index (χ4v) is 1.76. The summed E-state index contributed by atoms with van der Waals surface area (Å²) in [6.07, 6.45) is 1.60. The maximum atomic E-state index is 11.9. The molecule has 0 spiro atoms. The molecule has 3 N–H and O–H groups in total. The van der Waals surface area contributed by atoms with E-state index in [2.05, 4.69) is 4.98 Å². The molecular weight excluding hydrogens is 206 g/mol. The van der Waals surface area contributed by atoms with Gasteiger partial charge in [0.15, 0.2) is 0 Å². The van der Waals surface area contributed by atoms with Gasteiger partial charge in [0.1, 0.15) is 0 Å². The zero-order valence-electron chi connectivity index (χ0n) is 8.97. The van der Waals surface area contributed by atoms with Gasteiger partial charge >= 0.3 is 0 Å². The standard InChI is InChI=1S/C11H15N3O2/c12-4-10-3-9(1-2-13-10)11(16)14-5-8(6-14)7-15/h1-3,8,15H,4-7,12H2. The van der Waals surface area contributed by atoms with Crippen LogP contribution in [0.1, 0.15) is 16.1 Å². The van der Waals surface area contributed by atoms with Gasteiger partial charge in [-0.2, -0.15) is 0 Å². The highest BCUT2D eigenvalue weighted by Crippen LogP contribution is 2.18. The zero-order chi connectivity index (χ0) is 11.5. The van der Waals surface area contributed by atoms with Crippen molar-refractivity contribution in [1.29, 1.82) is 0 Å². The number of nitrogens with two attached hydrogens (primary N) is 1. The molecule has 0 aromatic carbocycles. The van der Waals surface area contributed by atoms with Crippen LogP contribution in [0.15, 0.2) is 18.3 Å². The van der Waals surface area contributed by atoms with Gasteiger partial charge < -0.3 is 15.7 Å². The predicted octanol–water partition coefficient (Wildman–Crippen LogP) is -0.395. The lowest BCUT2D eigenvalue weighted by Gasteiger charge is -2.38. The Labute approximate surface area is 93.9 Å². The molecule has 0 bridgehead atoms. The highest BCUT2D eigenvalue weighted by molar-refractivity contribution is 5.94. The number of rotatable bonds is 3. The van der Waals surface area contributed by atoms with Gasteiger partial charge in [0, 0.05) is 43.9 Å². The minimum atomic E-state index is -0.0122. The van der Waals surface area contributed by atoms with Crippen molar-refractivity contribution in [3.8, 4) is 0 Å². The number of pyridine rings is 1. The first-order valence-corrected chi connectivity index (χ1v) is 5.29. The number of likely N-dealkylation sites (tertiary alicyclic amines) is 1. The lowest BCUT2D eigenvalue weighted by molar-refractivity contribution is 0.0362. The van der Waals surface area contributed by atoms with E-state index in [4.69, 9.17) is 10.8 Å². The summed E-state index contributed by atoms with van der Waals surface area (Å²) >= 11 is 0. The van der Waals surface area contributed by atoms with Crippen LogP contribution in [0.25, 0.3) is 0 Å². The van der Waals surface area contributed by atoms with Crippen molar-refractivity contribution < 1.29 is 9.90 Å². The summed E-state index contributed by atoms with van der Waals surface area (Å²) in [5.41, 5.74) is 6.80. The Morgan fingerprint density at radius 3 is 3.00 bits per heavy atom. The van der Waals surface area contributed by atoms with Gasteiger partial charge in [-0.05, 0) is 12.1 Å². The molecule has 1 fully saturated rings. The van der Waals surface area contributed by atoms with Crippen molar-refractivity contribution in [2.45, 2.75) is 6.54 Å².